The molecule has 7 heteroatoms. The number of hydrogen-bond donors (Lipinski definition) is 2. The predicted octanol–water partition coefficient (Wildman–Crippen LogP) is 3.03. The van der Waals surface area contributed by atoms with Crippen LogP contribution < -0.4 is 10.9 Å². The standard InChI is InChI=1S/C22H23FN2O4/c1-15(19(26)24-25-20(27)16-9-3-2-4-10-16)29-21(28)22(13-7-8-14-22)17-11-5-6-12-18(17)23/h2-6,9-12,15H,7-8,13-14H2,1H3,(H,24,26)(H,25,27)/t15-/m1/s1. The first-order chi connectivity index (χ1) is 13.9. The average Bonchev–Trinajstić information content (AvgIpc) is 3.23. The van der Waals surface area contributed by atoms with Gasteiger partial charge in [0.1, 0.15) is 5.82 Å². The van der Waals surface area contributed by atoms with Gasteiger partial charge in [-0.3, -0.25) is 25.2 Å². The Morgan fingerprint density at radius 2 is 1.59 bits per heavy atom. The van der Waals surface area contributed by atoms with Crippen LogP contribution in [0.25, 0.3) is 0 Å². The summed E-state index contributed by atoms with van der Waals surface area (Å²) in [5.74, 6) is -2.25. The maximum absolute atomic E-state index is 14.4. The highest BCUT2D eigenvalue weighted by Crippen LogP contribution is 2.43. The van der Waals surface area contributed by atoms with Crippen LogP contribution in [0.4, 0.5) is 4.39 Å². The van der Waals surface area contributed by atoms with Gasteiger partial charge in [0.25, 0.3) is 11.8 Å². The second-order valence-corrected chi connectivity index (χ2v) is 7.13. The van der Waals surface area contributed by atoms with Gasteiger partial charge >= 0.3 is 5.97 Å². The molecule has 0 radical (unpaired) electrons. The highest BCUT2D eigenvalue weighted by Gasteiger charge is 2.46. The number of esters is 1. The van der Waals surface area contributed by atoms with Crippen molar-refractivity contribution in [2.45, 2.75) is 44.1 Å². The maximum Gasteiger partial charge on any atom is 0.317 e. The lowest BCUT2D eigenvalue weighted by molar-refractivity contribution is -0.160. The normalized spacial score (nSPS) is 15.9. The molecule has 2 amide bonds. The zero-order valence-electron chi connectivity index (χ0n) is 16.1. The van der Waals surface area contributed by atoms with Crippen molar-refractivity contribution >= 4 is 17.8 Å². The lowest BCUT2D eigenvalue weighted by Crippen LogP contribution is -2.48. The molecule has 0 spiro atoms. The second kappa shape index (κ2) is 8.86. The van der Waals surface area contributed by atoms with E-state index in [-0.39, 0.29) is 0 Å². The summed E-state index contributed by atoms with van der Waals surface area (Å²) in [5, 5.41) is 0. The quantitative estimate of drug-likeness (QED) is 0.599. The van der Waals surface area contributed by atoms with Gasteiger partial charge in [-0.25, -0.2) is 4.39 Å². The summed E-state index contributed by atoms with van der Waals surface area (Å²) in [7, 11) is 0. The molecular formula is C22H23FN2O4. The van der Waals surface area contributed by atoms with Crippen LogP contribution in [0.5, 0.6) is 0 Å². The summed E-state index contributed by atoms with van der Waals surface area (Å²) in [4.78, 5) is 37.2. The number of nitrogens with one attached hydrogen (secondary N) is 2. The molecular weight excluding hydrogens is 375 g/mol. The minimum Gasteiger partial charge on any atom is -0.452 e. The van der Waals surface area contributed by atoms with Crippen molar-refractivity contribution in [1.29, 1.82) is 0 Å². The summed E-state index contributed by atoms with van der Waals surface area (Å²) < 4.78 is 19.8. The van der Waals surface area contributed by atoms with E-state index >= 15 is 0 Å². The number of amides is 2. The first-order valence-electron chi connectivity index (χ1n) is 9.55. The number of rotatable bonds is 5. The van der Waals surface area contributed by atoms with E-state index in [0.717, 1.165) is 12.8 Å². The maximum atomic E-state index is 14.4. The first kappa shape index (κ1) is 20.5. The fraction of sp³-hybridized carbons (Fsp3) is 0.318. The molecule has 1 atom stereocenters. The molecule has 1 fully saturated rings. The van der Waals surface area contributed by atoms with Crippen LogP contribution in [0, 0.1) is 5.82 Å². The van der Waals surface area contributed by atoms with Gasteiger partial charge in [0.2, 0.25) is 0 Å². The molecule has 0 aromatic heterocycles. The SMILES string of the molecule is C[C@@H](OC(=O)C1(c2ccccc2F)CCCC1)C(=O)NNC(=O)c1ccccc1. The van der Waals surface area contributed by atoms with Crippen LogP contribution in [-0.4, -0.2) is 23.9 Å². The van der Waals surface area contributed by atoms with Crippen molar-refractivity contribution in [2.24, 2.45) is 0 Å². The van der Waals surface area contributed by atoms with Gasteiger partial charge in [-0.2, -0.15) is 0 Å². The van der Waals surface area contributed by atoms with E-state index in [2.05, 4.69) is 10.9 Å². The Hall–Kier alpha value is -3.22. The van der Waals surface area contributed by atoms with Crippen LogP contribution >= 0.6 is 0 Å². The van der Waals surface area contributed by atoms with E-state index in [1.54, 1.807) is 48.5 Å². The van der Waals surface area contributed by atoms with Crippen LogP contribution in [-0.2, 0) is 19.7 Å². The van der Waals surface area contributed by atoms with Crippen molar-refractivity contribution in [3.8, 4) is 0 Å². The lowest BCUT2D eigenvalue weighted by Gasteiger charge is -2.29. The molecule has 1 aliphatic rings. The molecule has 29 heavy (non-hydrogen) atoms. The smallest absolute Gasteiger partial charge is 0.317 e. The number of ether oxygens (including phenoxy) is 1. The van der Waals surface area contributed by atoms with Gasteiger partial charge in [-0.05, 0) is 38.0 Å². The number of hydrazine groups is 1. The van der Waals surface area contributed by atoms with Crippen molar-refractivity contribution in [3.05, 3.63) is 71.5 Å². The fourth-order valence-electron chi connectivity index (χ4n) is 3.62. The molecule has 2 N–H and O–H groups in total. The van der Waals surface area contributed by atoms with Crippen LogP contribution in [0.15, 0.2) is 54.6 Å². The highest BCUT2D eigenvalue weighted by atomic mass is 19.1. The van der Waals surface area contributed by atoms with Gasteiger partial charge in [0, 0.05) is 11.1 Å². The summed E-state index contributed by atoms with van der Waals surface area (Å²) in [6.45, 7) is 1.41. The molecule has 6 nitrogen and oxygen atoms in total. The molecule has 152 valence electrons. The van der Waals surface area contributed by atoms with Gasteiger partial charge in [0.05, 0.1) is 5.41 Å². The molecule has 2 aromatic rings. The summed E-state index contributed by atoms with van der Waals surface area (Å²) in [6, 6.07) is 14.5. The van der Waals surface area contributed by atoms with Gasteiger partial charge in [-0.1, -0.05) is 49.2 Å². The number of carbonyl (C=O) groups excluding carboxylic acids is 3. The van der Waals surface area contributed by atoms with Crippen molar-refractivity contribution in [3.63, 3.8) is 0 Å². The Morgan fingerprint density at radius 3 is 2.24 bits per heavy atom. The molecule has 1 saturated carbocycles. The Bertz CT molecular complexity index is 895. The van der Waals surface area contributed by atoms with Gasteiger partial charge < -0.3 is 4.74 Å². The fourth-order valence-corrected chi connectivity index (χ4v) is 3.62. The topological polar surface area (TPSA) is 84.5 Å². The molecule has 0 aliphatic heterocycles. The minimum atomic E-state index is -1.15. The van der Waals surface area contributed by atoms with E-state index < -0.39 is 35.1 Å². The second-order valence-electron chi connectivity index (χ2n) is 7.13. The molecule has 0 bridgehead atoms. The van der Waals surface area contributed by atoms with E-state index in [9.17, 15) is 18.8 Å². The number of carbonyl (C=O) groups is 3. The predicted molar refractivity (Wildman–Crippen MR) is 104 cm³/mol. The number of benzene rings is 2. The van der Waals surface area contributed by atoms with Gasteiger partial charge in [-0.15, -0.1) is 0 Å². The van der Waals surface area contributed by atoms with Crippen molar-refractivity contribution < 1.29 is 23.5 Å². The van der Waals surface area contributed by atoms with E-state index in [0.29, 0.717) is 24.0 Å². The third-order valence-corrected chi connectivity index (χ3v) is 5.23. The zero-order chi connectivity index (χ0) is 20.9. The van der Waals surface area contributed by atoms with E-state index in [1.165, 1.54) is 13.0 Å². The zero-order valence-corrected chi connectivity index (χ0v) is 16.1. The Morgan fingerprint density at radius 1 is 0.966 bits per heavy atom. The monoisotopic (exact) mass is 398 g/mol. The molecule has 0 unspecified atom stereocenters. The summed E-state index contributed by atoms with van der Waals surface area (Å²) in [6.07, 6.45) is 1.33. The molecule has 0 saturated heterocycles. The van der Waals surface area contributed by atoms with Crippen LogP contribution in [0.3, 0.4) is 0 Å². The van der Waals surface area contributed by atoms with Crippen molar-refractivity contribution in [1.82, 2.24) is 10.9 Å². The third kappa shape index (κ3) is 4.45. The molecule has 2 aromatic carbocycles. The highest BCUT2D eigenvalue weighted by molar-refractivity contribution is 5.96. The molecule has 0 heterocycles. The molecule has 3 rings (SSSR count). The summed E-state index contributed by atoms with van der Waals surface area (Å²) in [5.41, 5.74) is 4.12. The average molecular weight is 398 g/mol. The Kier molecular flexibility index (Phi) is 6.26. The minimum absolute atomic E-state index is 0.299. The van der Waals surface area contributed by atoms with Crippen LogP contribution in [0.2, 0.25) is 0 Å². The largest absolute Gasteiger partial charge is 0.452 e. The van der Waals surface area contributed by atoms with E-state index in [1.807, 2.05) is 0 Å². The van der Waals surface area contributed by atoms with Crippen LogP contribution in [0.1, 0.15) is 48.5 Å². The summed E-state index contributed by atoms with van der Waals surface area (Å²) >= 11 is 0. The first-order valence-corrected chi connectivity index (χ1v) is 9.55. The van der Waals surface area contributed by atoms with Gasteiger partial charge in [0.15, 0.2) is 6.10 Å². The third-order valence-electron chi connectivity index (χ3n) is 5.23. The molecule has 1 aliphatic carbocycles. The van der Waals surface area contributed by atoms with Crippen molar-refractivity contribution in [2.75, 3.05) is 0 Å². The Balaban J connectivity index is 1.63. The number of halogens is 1. The number of hydrogen-bond acceptors (Lipinski definition) is 4. The Labute approximate surface area is 168 Å². The van der Waals surface area contributed by atoms with E-state index in [4.69, 9.17) is 4.74 Å². The lowest BCUT2D eigenvalue weighted by atomic mass is 9.78.